The SMILES string of the molecule is CC(C)COCCOC(=O)c1n[nH]c2ccc(N)cc12. The van der Waals surface area contributed by atoms with Crippen molar-refractivity contribution in [2.24, 2.45) is 5.92 Å². The van der Waals surface area contributed by atoms with E-state index in [0.717, 1.165) is 5.52 Å². The lowest BCUT2D eigenvalue weighted by atomic mass is 10.2. The van der Waals surface area contributed by atoms with Crippen LogP contribution in [0, 0.1) is 5.92 Å². The highest BCUT2D eigenvalue weighted by atomic mass is 16.6. The summed E-state index contributed by atoms with van der Waals surface area (Å²) >= 11 is 0. The molecule has 0 spiro atoms. The zero-order chi connectivity index (χ0) is 14.5. The molecule has 1 aromatic heterocycles. The van der Waals surface area contributed by atoms with Crippen LogP contribution >= 0.6 is 0 Å². The number of carbonyl (C=O) groups excluding carboxylic acids is 1. The zero-order valence-electron chi connectivity index (χ0n) is 11.7. The van der Waals surface area contributed by atoms with E-state index in [0.29, 0.717) is 30.2 Å². The Balaban J connectivity index is 1.93. The summed E-state index contributed by atoms with van der Waals surface area (Å²) in [5, 5.41) is 7.41. The van der Waals surface area contributed by atoms with Gasteiger partial charge < -0.3 is 15.2 Å². The molecule has 2 rings (SSSR count). The summed E-state index contributed by atoms with van der Waals surface area (Å²) < 4.78 is 10.5. The predicted octanol–water partition coefficient (Wildman–Crippen LogP) is 1.97. The number of aromatic amines is 1. The van der Waals surface area contributed by atoms with Crippen molar-refractivity contribution in [1.29, 1.82) is 0 Å². The van der Waals surface area contributed by atoms with Crippen LogP contribution in [0.2, 0.25) is 0 Å². The number of aromatic nitrogens is 2. The molecule has 20 heavy (non-hydrogen) atoms. The molecule has 0 radical (unpaired) electrons. The van der Waals surface area contributed by atoms with Crippen LogP contribution in [0.1, 0.15) is 24.3 Å². The summed E-state index contributed by atoms with van der Waals surface area (Å²) in [5.74, 6) is -0.0149. The lowest BCUT2D eigenvalue weighted by Gasteiger charge is -2.07. The number of nitrogens with one attached hydrogen (secondary N) is 1. The summed E-state index contributed by atoms with van der Waals surface area (Å²) in [6.07, 6.45) is 0. The van der Waals surface area contributed by atoms with Gasteiger partial charge in [0.1, 0.15) is 6.61 Å². The molecule has 0 aliphatic rings. The number of nitrogen functional groups attached to an aromatic ring is 1. The van der Waals surface area contributed by atoms with Crippen molar-refractivity contribution in [1.82, 2.24) is 10.2 Å². The second kappa shape index (κ2) is 6.38. The average Bonchev–Trinajstić information content (AvgIpc) is 2.80. The summed E-state index contributed by atoms with van der Waals surface area (Å²) in [7, 11) is 0. The van der Waals surface area contributed by atoms with Crippen LogP contribution in [0.15, 0.2) is 18.2 Å². The maximum atomic E-state index is 11.9. The van der Waals surface area contributed by atoms with Crippen molar-refractivity contribution in [2.45, 2.75) is 13.8 Å². The molecule has 0 aliphatic heterocycles. The van der Waals surface area contributed by atoms with E-state index >= 15 is 0 Å². The molecule has 2 aromatic rings. The van der Waals surface area contributed by atoms with Crippen molar-refractivity contribution in [3.05, 3.63) is 23.9 Å². The van der Waals surface area contributed by atoms with Crippen molar-refractivity contribution in [2.75, 3.05) is 25.6 Å². The van der Waals surface area contributed by atoms with Crippen LogP contribution in [0.5, 0.6) is 0 Å². The Kier molecular flexibility index (Phi) is 4.57. The monoisotopic (exact) mass is 277 g/mol. The summed E-state index contributed by atoms with van der Waals surface area (Å²) in [4.78, 5) is 11.9. The molecule has 0 fully saturated rings. The highest BCUT2D eigenvalue weighted by molar-refractivity contribution is 6.02. The highest BCUT2D eigenvalue weighted by Crippen LogP contribution is 2.19. The second-order valence-corrected chi connectivity index (χ2v) is 4.98. The van der Waals surface area contributed by atoms with Gasteiger partial charge in [-0.1, -0.05) is 13.8 Å². The normalized spacial score (nSPS) is 11.2. The number of hydrogen-bond acceptors (Lipinski definition) is 5. The van der Waals surface area contributed by atoms with Gasteiger partial charge in [0.25, 0.3) is 0 Å². The van der Waals surface area contributed by atoms with Crippen molar-refractivity contribution in [3.8, 4) is 0 Å². The van der Waals surface area contributed by atoms with Crippen LogP contribution in [-0.4, -0.2) is 36.0 Å². The Morgan fingerprint density at radius 2 is 2.20 bits per heavy atom. The Hall–Kier alpha value is -2.08. The van der Waals surface area contributed by atoms with E-state index in [9.17, 15) is 4.79 Å². The molecule has 0 bridgehead atoms. The minimum absolute atomic E-state index is 0.211. The second-order valence-electron chi connectivity index (χ2n) is 4.98. The van der Waals surface area contributed by atoms with E-state index in [1.54, 1.807) is 18.2 Å². The molecule has 0 saturated carbocycles. The summed E-state index contributed by atoms with van der Waals surface area (Å²) in [5.41, 5.74) is 7.28. The first kappa shape index (κ1) is 14.3. The Morgan fingerprint density at radius 1 is 1.40 bits per heavy atom. The molecule has 0 unspecified atom stereocenters. The van der Waals surface area contributed by atoms with Gasteiger partial charge in [0.15, 0.2) is 5.69 Å². The largest absolute Gasteiger partial charge is 0.458 e. The lowest BCUT2D eigenvalue weighted by molar-refractivity contribution is 0.0274. The highest BCUT2D eigenvalue weighted by Gasteiger charge is 2.15. The Morgan fingerprint density at radius 3 is 2.95 bits per heavy atom. The molecule has 3 N–H and O–H groups in total. The van der Waals surface area contributed by atoms with E-state index in [1.807, 2.05) is 0 Å². The fourth-order valence-corrected chi connectivity index (χ4v) is 1.77. The maximum absolute atomic E-state index is 11.9. The molecular formula is C14H19N3O3. The number of esters is 1. The van der Waals surface area contributed by atoms with E-state index in [4.69, 9.17) is 15.2 Å². The zero-order valence-corrected chi connectivity index (χ0v) is 11.7. The summed E-state index contributed by atoms with van der Waals surface area (Å²) in [6, 6.07) is 5.22. The smallest absolute Gasteiger partial charge is 0.359 e. The molecule has 1 aromatic carbocycles. The van der Waals surface area contributed by atoms with Gasteiger partial charge in [-0.3, -0.25) is 5.10 Å². The minimum Gasteiger partial charge on any atom is -0.458 e. The third-order valence-electron chi connectivity index (χ3n) is 2.69. The molecule has 0 aliphatic carbocycles. The third-order valence-corrected chi connectivity index (χ3v) is 2.69. The first-order chi connectivity index (χ1) is 9.58. The molecule has 108 valence electrons. The molecule has 1 heterocycles. The number of nitrogens with zero attached hydrogens (tertiary/aromatic N) is 1. The van der Waals surface area contributed by atoms with Crippen molar-refractivity contribution in [3.63, 3.8) is 0 Å². The Bertz CT molecular complexity index is 592. The van der Waals surface area contributed by atoms with E-state index in [2.05, 4.69) is 24.0 Å². The van der Waals surface area contributed by atoms with E-state index in [1.165, 1.54) is 0 Å². The number of rotatable bonds is 6. The fourth-order valence-electron chi connectivity index (χ4n) is 1.77. The first-order valence-electron chi connectivity index (χ1n) is 6.56. The minimum atomic E-state index is -0.477. The number of carbonyl (C=O) groups is 1. The number of H-pyrrole nitrogens is 1. The number of nitrogens with two attached hydrogens (primary N) is 1. The average molecular weight is 277 g/mol. The lowest BCUT2D eigenvalue weighted by Crippen LogP contribution is -2.13. The third kappa shape index (κ3) is 3.48. The van der Waals surface area contributed by atoms with E-state index < -0.39 is 5.97 Å². The predicted molar refractivity (Wildman–Crippen MR) is 76.4 cm³/mol. The van der Waals surface area contributed by atoms with Crippen molar-refractivity contribution >= 4 is 22.6 Å². The number of ether oxygens (including phenoxy) is 2. The molecule has 0 amide bonds. The van der Waals surface area contributed by atoms with Gasteiger partial charge in [-0.25, -0.2) is 4.79 Å². The number of fused-ring (bicyclic) bond motifs is 1. The van der Waals surface area contributed by atoms with Crippen LogP contribution < -0.4 is 5.73 Å². The van der Waals surface area contributed by atoms with Crippen LogP contribution in [0.4, 0.5) is 5.69 Å². The maximum Gasteiger partial charge on any atom is 0.359 e. The van der Waals surface area contributed by atoms with E-state index in [-0.39, 0.29) is 12.3 Å². The van der Waals surface area contributed by atoms with Gasteiger partial charge >= 0.3 is 5.97 Å². The number of benzene rings is 1. The Labute approximate surface area is 117 Å². The number of hydrogen-bond donors (Lipinski definition) is 2. The van der Waals surface area contributed by atoms with Crippen LogP contribution in [-0.2, 0) is 9.47 Å². The van der Waals surface area contributed by atoms with Gasteiger partial charge in [0.05, 0.1) is 12.1 Å². The van der Waals surface area contributed by atoms with Crippen molar-refractivity contribution < 1.29 is 14.3 Å². The first-order valence-corrected chi connectivity index (χ1v) is 6.56. The molecule has 0 saturated heterocycles. The molecular weight excluding hydrogens is 258 g/mol. The fraction of sp³-hybridized carbons (Fsp3) is 0.429. The van der Waals surface area contributed by atoms with Gasteiger partial charge in [0, 0.05) is 17.7 Å². The topological polar surface area (TPSA) is 90.2 Å². The van der Waals surface area contributed by atoms with Gasteiger partial charge in [0.2, 0.25) is 0 Å². The molecule has 6 nitrogen and oxygen atoms in total. The standard InChI is InChI=1S/C14H19N3O3/c1-9(2)8-19-5-6-20-14(18)13-11-7-10(15)3-4-12(11)16-17-13/h3-4,7,9H,5-6,8,15H2,1-2H3,(H,16,17). The van der Waals surface area contributed by atoms with Gasteiger partial charge in [-0.05, 0) is 24.1 Å². The number of anilines is 1. The van der Waals surface area contributed by atoms with Gasteiger partial charge in [-0.15, -0.1) is 0 Å². The molecule has 0 atom stereocenters. The van der Waals surface area contributed by atoms with Crippen LogP contribution in [0.25, 0.3) is 10.9 Å². The quantitative estimate of drug-likeness (QED) is 0.478. The summed E-state index contributed by atoms with van der Waals surface area (Å²) in [6.45, 7) is 5.37. The molecule has 6 heteroatoms. The van der Waals surface area contributed by atoms with Gasteiger partial charge in [-0.2, -0.15) is 5.10 Å². The van der Waals surface area contributed by atoms with Crippen LogP contribution in [0.3, 0.4) is 0 Å².